The lowest BCUT2D eigenvalue weighted by molar-refractivity contribution is -0.127. The summed E-state index contributed by atoms with van der Waals surface area (Å²) in [6.07, 6.45) is 7.60. The largest absolute Gasteiger partial charge is 0.379 e. The Kier molecular flexibility index (Phi) is 13.1. The molecule has 0 spiro atoms. The van der Waals surface area contributed by atoms with Crippen LogP contribution in [0.4, 0.5) is 0 Å². The normalized spacial score (nSPS) is 23.6. The summed E-state index contributed by atoms with van der Waals surface area (Å²) in [5.41, 5.74) is 0. The lowest BCUT2D eigenvalue weighted by Crippen LogP contribution is -2.48. The van der Waals surface area contributed by atoms with E-state index in [1.54, 1.807) is 19.0 Å². The minimum Gasteiger partial charge on any atom is -0.379 e. The number of aliphatic imine (C=N–C) groups is 1. The molecule has 1 aliphatic carbocycles. The first kappa shape index (κ1) is 25.4. The van der Waals surface area contributed by atoms with Crippen molar-refractivity contribution in [1.29, 1.82) is 0 Å². The van der Waals surface area contributed by atoms with Crippen molar-refractivity contribution in [2.24, 2.45) is 10.9 Å². The van der Waals surface area contributed by atoms with Gasteiger partial charge in [0.2, 0.25) is 5.91 Å². The summed E-state index contributed by atoms with van der Waals surface area (Å²) < 4.78 is 5.40. The van der Waals surface area contributed by atoms with Crippen LogP contribution in [0.2, 0.25) is 0 Å². The van der Waals surface area contributed by atoms with Crippen LogP contribution in [0, 0.1) is 5.92 Å². The van der Waals surface area contributed by atoms with E-state index in [2.05, 4.69) is 27.4 Å². The minimum absolute atomic E-state index is 0. The van der Waals surface area contributed by atoms with Crippen molar-refractivity contribution in [3.63, 3.8) is 0 Å². The Hall–Kier alpha value is -0.610. The summed E-state index contributed by atoms with van der Waals surface area (Å²) in [5.74, 6) is 1.69. The van der Waals surface area contributed by atoms with Gasteiger partial charge in [-0.3, -0.25) is 9.69 Å². The number of rotatable bonds is 8. The molecule has 2 aliphatic rings. The molecule has 0 bridgehead atoms. The van der Waals surface area contributed by atoms with Gasteiger partial charge in [0.1, 0.15) is 6.54 Å². The molecule has 2 rings (SSSR count). The Morgan fingerprint density at radius 3 is 2.46 bits per heavy atom. The van der Waals surface area contributed by atoms with E-state index in [4.69, 9.17) is 4.74 Å². The number of ether oxygens (including phenoxy) is 1. The van der Waals surface area contributed by atoms with Crippen LogP contribution in [-0.4, -0.2) is 87.7 Å². The van der Waals surface area contributed by atoms with E-state index >= 15 is 0 Å². The standard InChI is InChI=1S/C20H39N5O2.HI/c1-4-5-17-6-8-18(9-7-17)23-20(22-16-19(26)24(2)3)21-10-11-25-12-14-27-15-13-25;/h17-18H,4-16H2,1-3H3,(H2,21,22,23);1H. The molecule has 1 amide bonds. The van der Waals surface area contributed by atoms with Crippen molar-refractivity contribution in [3.05, 3.63) is 0 Å². The molecule has 0 atom stereocenters. The van der Waals surface area contributed by atoms with Gasteiger partial charge in [0.05, 0.1) is 13.2 Å². The maximum absolute atomic E-state index is 11.9. The second-order valence-corrected chi connectivity index (χ2v) is 7.98. The summed E-state index contributed by atoms with van der Waals surface area (Å²) in [7, 11) is 3.54. The number of carbonyl (C=O) groups is 1. The molecule has 8 heteroatoms. The lowest BCUT2D eigenvalue weighted by Gasteiger charge is -2.31. The Morgan fingerprint density at radius 1 is 1.18 bits per heavy atom. The van der Waals surface area contributed by atoms with E-state index in [1.807, 2.05) is 0 Å². The number of amides is 1. The molecule has 0 aromatic carbocycles. The predicted molar refractivity (Wildman–Crippen MR) is 125 cm³/mol. The summed E-state index contributed by atoms with van der Waals surface area (Å²) >= 11 is 0. The zero-order chi connectivity index (χ0) is 19.5. The fourth-order valence-electron chi connectivity index (χ4n) is 3.79. The first-order valence-electron chi connectivity index (χ1n) is 10.6. The lowest BCUT2D eigenvalue weighted by atomic mass is 9.83. The van der Waals surface area contributed by atoms with E-state index in [0.717, 1.165) is 51.3 Å². The number of likely N-dealkylation sites (N-methyl/N-ethyl adjacent to an activating group) is 1. The first-order valence-corrected chi connectivity index (χ1v) is 10.6. The molecule has 2 fully saturated rings. The minimum atomic E-state index is 0. The van der Waals surface area contributed by atoms with Crippen molar-refractivity contribution >= 4 is 35.8 Å². The van der Waals surface area contributed by atoms with E-state index in [1.165, 1.54) is 38.5 Å². The second kappa shape index (κ2) is 14.4. The van der Waals surface area contributed by atoms with Crippen LogP contribution >= 0.6 is 24.0 Å². The van der Waals surface area contributed by atoms with Crippen molar-refractivity contribution in [2.45, 2.75) is 51.5 Å². The van der Waals surface area contributed by atoms with Crippen LogP contribution in [0.15, 0.2) is 4.99 Å². The second-order valence-electron chi connectivity index (χ2n) is 7.98. The number of nitrogens with one attached hydrogen (secondary N) is 2. The fraction of sp³-hybridized carbons (Fsp3) is 0.900. The molecular weight excluding hydrogens is 469 g/mol. The monoisotopic (exact) mass is 509 g/mol. The number of halogens is 1. The summed E-state index contributed by atoms with van der Waals surface area (Å²) in [5, 5.41) is 7.01. The van der Waals surface area contributed by atoms with E-state index in [9.17, 15) is 4.79 Å². The van der Waals surface area contributed by atoms with E-state index in [-0.39, 0.29) is 36.4 Å². The van der Waals surface area contributed by atoms with Crippen LogP contribution in [-0.2, 0) is 9.53 Å². The summed E-state index contributed by atoms with van der Waals surface area (Å²) in [4.78, 5) is 20.4. The SMILES string of the molecule is CCCC1CCC(NC(=NCC(=O)N(C)C)NCCN2CCOCC2)CC1.I. The molecule has 0 aromatic heterocycles. The Labute approximate surface area is 188 Å². The Balaban J connectivity index is 0.00000392. The number of hydrogen-bond acceptors (Lipinski definition) is 4. The number of morpholine rings is 1. The van der Waals surface area contributed by atoms with Gasteiger partial charge in [0.25, 0.3) is 0 Å². The van der Waals surface area contributed by atoms with Gasteiger partial charge in [-0.05, 0) is 31.6 Å². The molecule has 7 nitrogen and oxygen atoms in total. The van der Waals surface area contributed by atoms with Crippen molar-refractivity contribution < 1.29 is 9.53 Å². The van der Waals surface area contributed by atoms with Crippen LogP contribution in [0.5, 0.6) is 0 Å². The maximum atomic E-state index is 11.9. The molecule has 1 heterocycles. The molecule has 0 unspecified atom stereocenters. The highest BCUT2D eigenvalue weighted by Gasteiger charge is 2.21. The van der Waals surface area contributed by atoms with E-state index in [0.29, 0.717) is 6.04 Å². The highest BCUT2D eigenvalue weighted by Crippen LogP contribution is 2.27. The average Bonchev–Trinajstić information content (AvgIpc) is 2.68. The third kappa shape index (κ3) is 9.73. The highest BCUT2D eigenvalue weighted by molar-refractivity contribution is 14.0. The van der Waals surface area contributed by atoms with Crippen LogP contribution in [0.1, 0.15) is 45.4 Å². The molecule has 1 saturated heterocycles. The Bertz CT molecular complexity index is 462. The van der Waals surface area contributed by atoms with Crippen LogP contribution < -0.4 is 10.6 Å². The van der Waals surface area contributed by atoms with Crippen molar-refractivity contribution in [3.8, 4) is 0 Å². The molecule has 0 radical (unpaired) electrons. The van der Waals surface area contributed by atoms with Gasteiger partial charge in [-0.2, -0.15) is 0 Å². The molecule has 28 heavy (non-hydrogen) atoms. The number of carbonyl (C=O) groups excluding carboxylic acids is 1. The zero-order valence-corrected chi connectivity index (χ0v) is 20.2. The van der Waals surface area contributed by atoms with Gasteiger partial charge in [0, 0.05) is 46.3 Å². The summed E-state index contributed by atoms with van der Waals surface area (Å²) in [6, 6.07) is 0.460. The third-order valence-corrected chi connectivity index (χ3v) is 5.58. The topological polar surface area (TPSA) is 69.2 Å². The predicted octanol–water partition coefficient (Wildman–Crippen LogP) is 1.92. The molecule has 1 aliphatic heterocycles. The van der Waals surface area contributed by atoms with Crippen molar-refractivity contribution in [1.82, 2.24) is 20.4 Å². The number of hydrogen-bond donors (Lipinski definition) is 2. The van der Waals surface area contributed by atoms with Crippen molar-refractivity contribution in [2.75, 3.05) is 60.0 Å². The zero-order valence-electron chi connectivity index (χ0n) is 17.9. The molecule has 164 valence electrons. The summed E-state index contributed by atoms with van der Waals surface area (Å²) in [6.45, 7) is 7.86. The highest BCUT2D eigenvalue weighted by atomic mass is 127. The molecule has 0 aromatic rings. The van der Waals surface area contributed by atoms with Gasteiger partial charge in [-0.1, -0.05) is 19.8 Å². The van der Waals surface area contributed by atoms with Gasteiger partial charge in [0.15, 0.2) is 5.96 Å². The fourth-order valence-corrected chi connectivity index (χ4v) is 3.79. The van der Waals surface area contributed by atoms with E-state index < -0.39 is 0 Å². The smallest absolute Gasteiger partial charge is 0.243 e. The van der Waals surface area contributed by atoms with Gasteiger partial charge < -0.3 is 20.3 Å². The Morgan fingerprint density at radius 2 is 1.86 bits per heavy atom. The maximum Gasteiger partial charge on any atom is 0.243 e. The van der Waals surface area contributed by atoms with Crippen LogP contribution in [0.25, 0.3) is 0 Å². The molecule has 1 saturated carbocycles. The quantitative estimate of drug-likeness (QED) is 0.297. The number of nitrogens with zero attached hydrogens (tertiary/aromatic N) is 3. The first-order chi connectivity index (χ1) is 13.1. The van der Waals surface area contributed by atoms with Gasteiger partial charge >= 0.3 is 0 Å². The average molecular weight is 509 g/mol. The number of guanidine groups is 1. The van der Waals surface area contributed by atoms with Crippen LogP contribution in [0.3, 0.4) is 0 Å². The molecule has 2 N–H and O–H groups in total. The third-order valence-electron chi connectivity index (χ3n) is 5.58. The van der Waals surface area contributed by atoms with Gasteiger partial charge in [-0.25, -0.2) is 4.99 Å². The van der Waals surface area contributed by atoms with Gasteiger partial charge in [-0.15, -0.1) is 24.0 Å². The molecular formula is C20H40IN5O2.